The summed E-state index contributed by atoms with van der Waals surface area (Å²) in [5, 5.41) is 25.1. The van der Waals surface area contributed by atoms with Crippen LogP contribution >= 0.6 is 11.6 Å². The highest BCUT2D eigenvalue weighted by atomic mass is 35.5. The maximum Gasteiger partial charge on any atom is 0.321 e. The van der Waals surface area contributed by atoms with Gasteiger partial charge in [0.25, 0.3) is 0 Å². The molecule has 8 heteroatoms. The molecule has 1 aromatic carbocycles. The van der Waals surface area contributed by atoms with Crippen LogP contribution in [0.2, 0.25) is 5.02 Å². The zero-order chi connectivity index (χ0) is 19.7. The van der Waals surface area contributed by atoms with Gasteiger partial charge in [-0.2, -0.15) is 0 Å². The molecule has 26 heavy (non-hydrogen) atoms. The van der Waals surface area contributed by atoms with E-state index in [0.29, 0.717) is 23.7 Å². The molecule has 0 radical (unpaired) electrons. The minimum Gasteiger partial charge on any atom is -0.480 e. The molecule has 1 rings (SSSR count). The highest BCUT2D eigenvalue weighted by Gasteiger charge is 2.27. The standard InChI is InChI=1S/C18H26ClN3O4/c1-11(2)6-15(17(23)24)22-16(18(25)26)8-14(9-20)21-10-12-4-3-5-13(19)7-12/h3-5,7,9,11,15-16,21-22H,6,8,10,20H2,1-2H3,(H,23,24)(H,25,26)/b14-9-/t15?,16-/m0/s1. The first-order chi connectivity index (χ1) is 12.2. The number of rotatable bonds is 11. The second-order valence-electron chi connectivity index (χ2n) is 6.46. The predicted molar refractivity (Wildman–Crippen MR) is 101 cm³/mol. The van der Waals surface area contributed by atoms with E-state index in [9.17, 15) is 19.8 Å². The first kappa shape index (κ1) is 21.8. The van der Waals surface area contributed by atoms with Gasteiger partial charge >= 0.3 is 11.9 Å². The fraction of sp³-hybridized carbons (Fsp3) is 0.444. The molecular formula is C18H26ClN3O4. The molecule has 6 N–H and O–H groups in total. The van der Waals surface area contributed by atoms with Crippen molar-refractivity contribution in [1.29, 1.82) is 0 Å². The van der Waals surface area contributed by atoms with E-state index < -0.39 is 24.0 Å². The van der Waals surface area contributed by atoms with Crippen LogP contribution in [0, 0.1) is 5.92 Å². The number of carbonyl (C=O) groups is 2. The maximum atomic E-state index is 11.5. The molecule has 1 unspecified atom stereocenters. The number of carboxylic acid groups (broad SMARTS) is 2. The lowest BCUT2D eigenvalue weighted by Gasteiger charge is -2.23. The van der Waals surface area contributed by atoms with Crippen molar-refractivity contribution in [1.82, 2.24) is 10.6 Å². The Morgan fingerprint density at radius 2 is 1.88 bits per heavy atom. The monoisotopic (exact) mass is 383 g/mol. The van der Waals surface area contributed by atoms with E-state index in [0.717, 1.165) is 5.56 Å². The van der Waals surface area contributed by atoms with Crippen LogP contribution in [0.15, 0.2) is 36.2 Å². The van der Waals surface area contributed by atoms with Gasteiger partial charge in [0.05, 0.1) is 0 Å². The minimum absolute atomic E-state index is 0.0360. The Hall–Kier alpha value is -2.25. The fourth-order valence-electron chi connectivity index (χ4n) is 2.45. The second kappa shape index (κ2) is 10.7. The summed E-state index contributed by atoms with van der Waals surface area (Å²) < 4.78 is 0. The molecule has 0 aliphatic heterocycles. The first-order valence-electron chi connectivity index (χ1n) is 8.33. The Morgan fingerprint density at radius 1 is 1.23 bits per heavy atom. The highest BCUT2D eigenvalue weighted by Crippen LogP contribution is 2.12. The lowest BCUT2D eigenvalue weighted by molar-refractivity contribution is -0.142. The molecular weight excluding hydrogens is 358 g/mol. The van der Waals surface area contributed by atoms with Crippen LogP contribution in [0.3, 0.4) is 0 Å². The van der Waals surface area contributed by atoms with Crippen LogP contribution in [0.5, 0.6) is 0 Å². The van der Waals surface area contributed by atoms with Gasteiger partial charge in [-0.1, -0.05) is 37.6 Å². The van der Waals surface area contributed by atoms with E-state index in [2.05, 4.69) is 10.6 Å². The molecule has 1 aromatic rings. The summed E-state index contributed by atoms with van der Waals surface area (Å²) in [7, 11) is 0. The Morgan fingerprint density at radius 3 is 2.38 bits per heavy atom. The maximum absolute atomic E-state index is 11.5. The summed E-state index contributed by atoms with van der Waals surface area (Å²) in [6.07, 6.45) is 1.66. The molecule has 2 atom stereocenters. The molecule has 0 aromatic heterocycles. The van der Waals surface area contributed by atoms with Gasteiger partial charge < -0.3 is 21.3 Å². The highest BCUT2D eigenvalue weighted by molar-refractivity contribution is 6.30. The summed E-state index contributed by atoms with van der Waals surface area (Å²) in [5.74, 6) is -2.09. The summed E-state index contributed by atoms with van der Waals surface area (Å²) in [5.41, 5.74) is 7.01. The zero-order valence-electron chi connectivity index (χ0n) is 14.9. The van der Waals surface area contributed by atoms with Gasteiger partial charge in [-0.25, -0.2) is 0 Å². The molecule has 0 bridgehead atoms. The number of carboxylic acids is 2. The third-order valence-electron chi connectivity index (χ3n) is 3.74. The third kappa shape index (κ3) is 7.76. The smallest absolute Gasteiger partial charge is 0.321 e. The number of nitrogens with two attached hydrogens (primary N) is 1. The Labute approximate surface area is 158 Å². The minimum atomic E-state index is -1.14. The van der Waals surface area contributed by atoms with Crippen molar-refractivity contribution in [2.45, 2.75) is 45.3 Å². The number of hydrogen-bond acceptors (Lipinski definition) is 5. The molecule has 144 valence electrons. The Kier molecular flexibility index (Phi) is 8.95. The molecule has 0 saturated carbocycles. The van der Waals surface area contributed by atoms with E-state index in [-0.39, 0.29) is 12.3 Å². The Balaban J connectivity index is 2.73. The normalized spacial score (nSPS) is 14.1. The summed E-state index contributed by atoms with van der Waals surface area (Å²) in [6.45, 7) is 4.18. The zero-order valence-corrected chi connectivity index (χ0v) is 15.7. The van der Waals surface area contributed by atoms with Crippen LogP contribution in [0.1, 0.15) is 32.3 Å². The van der Waals surface area contributed by atoms with Crippen molar-refractivity contribution >= 4 is 23.5 Å². The SMILES string of the molecule is CC(C)CC(N[C@@H](C/C(=C/N)NCc1cccc(Cl)c1)C(=O)O)C(=O)O. The first-order valence-corrected chi connectivity index (χ1v) is 8.71. The van der Waals surface area contributed by atoms with Gasteiger partial charge in [-0.05, 0) is 30.0 Å². The van der Waals surface area contributed by atoms with Gasteiger partial charge in [-0.3, -0.25) is 14.9 Å². The van der Waals surface area contributed by atoms with Crippen LogP contribution in [0.25, 0.3) is 0 Å². The molecule has 0 aliphatic carbocycles. The molecule has 0 spiro atoms. The molecule has 0 aliphatic rings. The van der Waals surface area contributed by atoms with Gasteiger partial charge in [0.15, 0.2) is 0 Å². The van der Waals surface area contributed by atoms with E-state index in [4.69, 9.17) is 17.3 Å². The van der Waals surface area contributed by atoms with Gasteiger partial charge in [-0.15, -0.1) is 0 Å². The molecule has 0 heterocycles. The van der Waals surface area contributed by atoms with Crippen molar-refractivity contribution < 1.29 is 19.8 Å². The lowest BCUT2D eigenvalue weighted by atomic mass is 10.0. The average Bonchev–Trinajstić information content (AvgIpc) is 2.55. The quantitative estimate of drug-likeness (QED) is 0.396. The van der Waals surface area contributed by atoms with Gasteiger partial charge in [0, 0.05) is 29.9 Å². The number of hydrogen-bond donors (Lipinski definition) is 5. The fourth-order valence-corrected chi connectivity index (χ4v) is 2.67. The van der Waals surface area contributed by atoms with Crippen molar-refractivity contribution in [3.8, 4) is 0 Å². The predicted octanol–water partition coefficient (Wildman–Crippen LogP) is 2.16. The van der Waals surface area contributed by atoms with E-state index in [1.165, 1.54) is 6.20 Å². The van der Waals surface area contributed by atoms with Crippen molar-refractivity contribution in [3.05, 3.63) is 46.7 Å². The second-order valence-corrected chi connectivity index (χ2v) is 6.89. The van der Waals surface area contributed by atoms with Gasteiger partial charge in [0.2, 0.25) is 0 Å². The number of benzene rings is 1. The van der Waals surface area contributed by atoms with E-state index in [1.807, 2.05) is 26.0 Å². The average molecular weight is 384 g/mol. The summed E-state index contributed by atoms with van der Waals surface area (Å²) in [6, 6.07) is 5.23. The topological polar surface area (TPSA) is 125 Å². The van der Waals surface area contributed by atoms with E-state index in [1.54, 1.807) is 12.1 Å². The molecule has 0 amide bonds. The van der Waals surface area contributed by atoms with E-state index >= 15 is 0 Å². The van der Waals surface area contributed by atoms with Crippen LogP contribution in [-0.4, -0.2) is 34.2 Å². The summed E-state index contributed by atoms with van der Waals surface area (Å²) >= 11 is 5.94. The van der Waals surface area contributed by atoms with Crippen LogP contribution < -0.4 is 16.4 Å². The van der Waals surface area contributed by atoms with Crippen LogP contribution in [0.4, 0.5) is 0 Å². The van der Waals surface area contributed by atoms with Crippen molar-refractivity contribution in [3.63, 3.8) is 0 Å². The number of nitrogens with one attached hydrogen (secondary N) is 2. The number of aliphatic carboxylic acids is 2. The van der Waals surface area contributed by atoms with Crippen molar-refractivity contribution in [2.24, 2.45) is 11.7 Å². The lowest BCUT2D eigenvalue weighted by Crippen LogP contribution is -2.48. The van der Waals surface area contributed by atoms with Crippen molar-refractivity contribution in [2.75, 3.05) is 0 Å². The molecule has 0 saturated heterocycles. The van der Waals surface area contributed by atoms with Gasteiger partial charge in [0.1, 0.15) is 12.1 Å². The Bertz CT molecular complexity index is 649. The number of halogens is 1. The largest absolute Gasteiger partial charge is 0.480 e. The third-order valence-corrected chi connectivity index (χ3v) is 3.97. The van der Waals surface area contributed by atoms with Crippen LogP contribution in [-0.2, 0) is 16.1 Å². The molecule has 0 fully saturated rings. The summed E-state index contributed by atoms with van der Waals surface area (Å²) in [4.78, 5) is 22.9. The molecule has 7 nitrogen and oxygen atoms in total.